The first kappa shape index (κ1) is 16.5. The highest BCUT2D eigenvalue weighted by atomic mass is 35.5. The Kier molecular flexibility index (Phi) is 4.83. The van der Waals surface area contributed by atoms with Crippen LogP contribution in [0.5, 0.6) is 0 Å². The minimum atomic E-state index is -1.43. The smallest absolute Gasteiger partial charge is 0.329 e. The first-order valence-electron chi connectivity index (χ1n) is 5.50. The van der Waals surface area contributed by atoms with Crippen LogP contribution in [0, 0.1) is 5.82 Å². The fourth-order valence-corrected chi connectivity index (χ4v) is 1.80. The molecule has 0 saturated carbocycles. The van der Waals surface area contributed by atoms with Gasteiger partial charge in [0.15, 0.2) is 0 Å². The van der Waals surface area contributed by atoms with Crippen LogP contribution in [0.2, 0.25) is 10.0 Å². The summed E-state index contributed by atoms with van der Waals surface area (Å²) in [7, 11) is 1.31. The maximum atomic E-state index is 13.0. The summed E-state index contributed by atoms with van der Waals surface area (Å²) in [6.45, 7) is 2.73. The van der Waals surface area contributed by atoms with E-state index in [4.69, 9.17) is 28.3 Å². The van der Waals surface area contributed by atoms with Crippen molar-refractivity contribution in [2.45, 2.75) is 19.4 Å². The molecule has 1 rings (SSSR count). The van der Waals surface area contributed by atoms with E-state index in [0.717, 1.165) is 17.0 Å². The Hall–Kier alpha value is -1.53. The lowest BCUT2D eigenvalue weighted by molar-refractivity contribution is -0.146. The molecule has 0 aliphatic heterocycles. The van der Waals surface area contributed by atoms with Gasteiger partial charge in [-0.3, -0.25) is 0 Å². The number of amides is 2. The lowest BCUT2D eigenvalue weighted by Crippen LogP contribution is -2.52. The van der Waals surface area contributed by atoms with Crippen molar-refractivity contribution in [3.8, 4) is 0 Å². The summed E-state index contributed by atoms with van der Waals surface area (Å²) in [5, 5.41) is 11.3. The number of nitrogens with one attached hydrogen (secondary N) is 1. The number of likely N-dealkylation sites (N-methyl/N-ethyl adjacent to an activating group) is 1. The highest BCUT2D eigenvalue weighted by molar-refractivity contribution is 6.39. The molecule has 0 spiro atoms. The van der Waals surface area contributed by atoms with Gasteiger partial charge in [0.25, 0.3) is 0 Å². The van der Waals surface area contributed by atoms with Gasteiger partial charge in [-0.15, -0.1) is 0 Å². The number of rotatable bonds is 3. The lowest BCUT2D eigenvalue weighted by Gasteiger charge is -2.31. The Bertz CT molecular complexity index is 541. The fourth-order valence-electron chi connectivity index (χ4n) is 1.25. The van der Waals surface area contributed by atoms with Gasteiger partial charge in [0, 0.05) is 7.05 Å². The van der Waals surface area contributed by atoms with Crippen LogP contribution in [0.4, 0.5) is 14.9 Å². The molecule has 8 heteroatoms. The van der Waals surface area contributed by atoms with Gasteiger partial charge in [0.2, 0.25) is 0 Å². The van der Waals surface area contributed by atoms with Crippen molar-refractivity contribution in [3.63, 3.8) is 0 Å². The van der Waals surface area contributed by atoms with Crippen molar-refractivity contribution in [3.05, 3.63) is 28.0 Å². The maximum Gasteiger partial charge on any atom is 0.329 e. The number of halogens is 3. The second-order valence-electron chi connectivity index (χ2n) is 4.60. The molecule has 0 aromatic heterocycles. The minimum absolute atomic E-state index is 0.0211. The Morgan fingerprint density at radius 2 is 1.75 bits per heavy atom. The average molecular weight is 323 g/mol. The Morgan fingerprint density at radius 3 is 2.15 bits per heavy atom. The van der Waals surface area contributed by atoms with Crippen LogP contribution in [0.15, 0.2) is 12.1 Å². The number of anilines is 1. The maximum absolute atomic E-state index is 13.0. The molecule has 1 aromatic rings. The minimum Gasteiger partial charge on any atom is -0.480 e. The molecule has 110 valence electrons. The zero-order valence-electron chi connectivity index (χ0n) is 11.0. The summed E-state index contributed by atoms with van der Waals surface area (Å²) in [5.41, 5.74) is -1.41. The van der Waals surface area contributed by atoms with E-state index in [2.05, 4.69) is 5.32 Å². The molecule has 5 nitrogen and oxygen atoms in total. The third kappa shape index (κ3) is 3.32. The molecular weight excluding hydrogens is 310 g/mol. The molecule has 0 unspecified atom stereocenters. The van der Waals surface area contributed by atoms with E-state index >= 15 is 0 Å². The van der Waals surface area contributed by atoms with Gasteiger partial charge in [-0.05, 0) is 26.0 Å². The van der Waals surface area contributed by atoms with Gasteiger partial charge in [0.05, 0.1) is 15.7 Å². The number of hydrogen-bond donors (Lipinski definition) is 2. The zero-order chi connectivity index (χ0) is 15.7. The highest BCUT2D eigenvalue weighted by Crippen LogP contribution is 2.31. The van der Waals surface area contributed by atoms with Gasteiger partial charge < -0.3 is 15.3 Å². The van der Waals surface area contributed by atoms with E-state index in [0.29, 0.717) is 0 Å². The van der Waals surface area contributed by atoms with Crippen LogP contribution in [0.1, 0.15) is 13.8 Å². The molecule has 0 aliphatic rings. The second-order valence-corrected chi connectivity index (χ2v) is 5.41. The molecule has 1 aromatic carbocycles. The normalized spacial score (nSPS) is 11.1. The van der Waals surface area contributed by atoms with E-state index in [1.54, 1.807) is 0 Å². The van der Waals surface area contributed by atoms with Crippen molar-refractivity contribution in [2.24, 2.45) is 0 Å². The Morgan fingerprint density at radius 1 is 1.30 bits per heavy atom. The molecule has 0 atom stereocenters. The topological polar surface area (TPSA) is 69.6 Å². The Labute approximate surface area is 125 Å². The van der Waals surface area contributed by atoms with Gasteiger partial charge in [-0.25, -0.2) is 14.0 Å². The number of nitrogens with zero attached hydrogens (tertiary/aromatic N) is 1. The number of carboxylic acid groups (broad SMARTS) is 1. The third-order valence-electron chi connectivity index (χ3n) is 2.91. The third-order valence-corrected chi connectivity index (χ3v) is 3.50. The monoisotopic (exact) mass is 322 g/mol. The summed E-state index contributed by atoms with van der Waals surface area (Å²) < 4.78 is 13.0. The van der Waals surface area contributed by atoms with E-state index in [1.165, 1.54) is 20.9 Å². The van der Waals surface area contributed by atoms with E-state index in [9.17, 15) is 14.0 Å². The first-order chi connectivity index (χ1) is 9.07. The van der Waals surface area contributed by atoms with Crippen LogP contribution >= 0.6 is 23.2 Å². The molecule has 2 N–H and O–H groups in total. The SMILES string of the molecule is CN(C(=O)Nc1c(Cl)cc(F)cc1Cl)C(C)(C)C(=O)O. The Balaban J connectivity index is 3.00. The summed E-state index contributed by atoms with van der Waals surface area (Å²) in [6, 6.07) is 1.25. The zero-order valence-corrected chi connectivity index (χ0v) is 12.5. The molecule has 0 bridgehead atoms. The summed E-state index contributed by atoms with van der Waals surface area (Å²) in [4.78, 5) is 24.0. The average Bonchev–Trinajstić information content (AvgIpc) is 2.32. The summed E-state index contributed by atoms with van der Waals surface area (Å²) >= 11 is 11.6. The number of benzene rings is 1. The molecular formula is C12H13Cl2FN2O3. The number of urea groups is 1. The number of carbonyl (C=O) groups is 2. The largest absolute Gasteiger partial charge is 0.480 e. The highest BCUT2D eigenvalue weighted by Gasteiger charge is 2.35. The number of aliphatic carboxylic acids is 1. The number of carbonyl (C=O) groups excluding carboxylic acids is 1. The molecule has 0 radical (unpaired) electrons. The first-order valence-corrected chi connectivity index (χ1v) is 6.25. The molecule has 0 saturated heterocycles. The van der Waals surface area contributed by atoms with Crippen LogP contribution < -0.4 is 5.32 Å². The predicted molar refractivity (Wildman–Crippen MR) is 74.9 cm³/mol. The van der Waals surface area contributed by atoms with Crippen molar-refractivity contribution < 1.29 is 19.1 Å². The van der Waals surface area contributed by atoms with E-state index < -0.39 is 23.4 Å². The van der Waals surface area contributed by atoms with Crippen molar-refractivity contribution in [1.29, 1.82) is 0 Å². The molecule has 2 amide bonds. The fraction of sp³-hybridized carbons (Fsp3) is 0.333. The standard InChI is InChI=1S/C12H13Cl2FN2O3/c1-12(2,10(18)19)17(3)11(20)16-9-7(13)4-6(15)5-8(9)14/h4-5H,1-3H3,(H,16,20)(H,18,19). The molecule has 0 fully saturated rings. The van der Waals surface area contributed by atoms with Gasteiger partial charge in [-0.2, -0.15) is 0 Å². The molecule has 20 heavy (non-hydrogen) atoms. The quantitative estimate of drug-likeness (QED) is 0.895. The van der Waals surface area contributed by atoms with Crippen LogP contribution in [-0.4, -0.2) is 34.6 Å². The second kappa shape index (κ2) is 5.85. The molecule has 0 heterocycles. The van der Waals surface area contributed by atoms with Crippen LogP contribution in [-0.2, 0) is 4.79 Å². The van der Waals surface area contributed by atoms with Crippen molar-refractivity contribution in [2.75, 3.05) is 12.4 Å². The van der Waals surface area contributed by atoms with Crippen molar-refractivity contribution >= 4 is 40.9 Å². The van der Waals surface area contributed by atoms with Crippen LogP contribution in [0.25, 0.3) is 0 Å². The van der Waals surface area contributed by atoms with E-state index in [-0.39, 0.29) is 15.7 Å². The van der Waals surface area contributed by atoms with Crippen LogP contribution in [0.3, 0.4) is 0 Å². The summed E-state index contributed by atoms with van der Waals surface area (Å²) in [5.74, 6) is -1.82. The van der Waals surface area contributed by atoms with Gasteiger partial charge in [-0.1, -0.05) is 23.2 Å². The van der Waals surface area contributed by atoms with Gasteiger partial charge in [0.1, 0.15) is 11.4 Å². The van der Waals surface area contributed by atoms with Gasteiger partial charge >= 0.3 is 12.0 Å². The number of hydrogen-bond acceptors (Lipinski definition) is 2. The number of carboxylic acids is 1. The molecule has 0 aliphatic carbocycles. The lowest BCUT2D eigenvalue weighted by atomic mass is 10.1. The van der Waals surface area contributed by atoms with E-state index in [1.807, 2.05) is 0 Å². The summed E-state index contributed by atoms with van der Waals surface area (Å²) in [6.07, 6.45) is 0. The van der Waals surface area contributed by atoms with Crippen molar-refractivity contribution in [1.82, 2.24) is 4.90 Å². The predicted octanol–water partition coefficient (Wildman–Crippen LogP) is 3.46.